The highest BCUT2D eigenvalue weighted by Crippen LogP contribution is 2.34. The molecule has 3 rings (SSSR count). The molecule has 3 aromatic rings. The minimum absolute atomic E-state index is 0.0646. The third kappa shape index (κ3) is 5.26. The Hall–Kier alpha value is -4.00. The normalized spacial score (nSPS) is 10.6. The average Bonchev–Trinajstić information content (AvgIpc) is 3.51. The summed E-state index contributed by atoms with van der Waals surface area (Å²) in [6.07, 6.45) is 2.95. The summed E-state index contributed by atoms with van der Waals surface area (Å²) in [5.74, 6) is -1.70. The predicted molar refractivity (Wildman–Crippen MR) is 116 cm³/mol. The Balaban J connectivity index is 1.81. The van der Waals surface area contributed by atoms with Crippen molar-refractivity contribution in [3.8, 4) is 0 Å². The van der Waals surface area contributed by atoms with Crippen LogP contribution in [0.15, 0.2) is 28.9 Å². The fraction of sp³-hybridized carbons (Fsp3) is 0.300. The van der Waals surface area contributed by atoms with Crippen LogP contribution in [0, 0.1) is 17.0 Å². The van der Waals surface area contributed by atoms with Crippen molar-refractivity contribution in [3.63, 3.8) is 0 Å². The first kappa shape index (κ1) is 23.7. The molecule has 0 bridgehead atoms. The molecule has 0 radical (unpaired) electrons. The molecular formula is C20H20N4O8S. The number of anilines is 1. The minimum atomic E-state index is -0.670. The summed E-state index contributed by atoms with van der Waals surface area (Å²) in [4.78, 5) is 47.7. The fourth-order valence-electron chi connectivity index (χ4n) is 2.84. The van der Waals surface area contributed by atoms with Crippen molar-refractivity contribution in [1.82, 2.24) is 9.78 Å². The Morgan fingerprint density at radius 2 is 2.06 bits per heavy atom. The first-order valence-corrected chi connectivity index (χ1v) is 10.5. The highest BCUT2D eigenvalue weighted by atomic mass is 32.1. The van der Waals surface area contributed by atoms with E-state index in [1.807, 2.05) is 6.92 Å². The quantitative estimate of drug-likeness (QED) is 0.278. The van der Waals surface area contributed by atoms with Crippen LogP contribution in [0.4, 0.5) is 10.7 Å². The molecule has 13 heteroatoms. The van der Waals surface area contributed by atoms with E-state index in [4.69, 9.17) is 13.9 Å². The van der Waals surface area contributed by atoms with Gasteiger partial charge in [0.15, 0.2) is 5.76 Å². The van der Waals surface area contributed by atoms with Crippen LogP contribution in [0.1, 0.15) is 55.3 Å². The zero-order chi connectivity index (χ0) is 24.1. The summed E-state index contributed by atoms with van der Waals surface area (Å²) in [5, 5.41) is 17.3. The van der Waals surface area contributed by atoms with Gasteiger partial charge < -0.3 is 19.2 Å². The third-order valence-corrected chi connectivity index (χ3v) is 5.61. The zero-order valence-corrected chi connectivity index (χ0v) is 18.8. The lowest BCUT2D eigenvalue weighted by Gasteiger charge is -2.07. The van der Waals surface area contributed by atoms with Crippen LogP contribution in [-0.4, -0.2) is 46.3 Å². The summed E-state index contributed by atoms with van der Waals surface area (Å²) in [5.41, 5.74) is 0.234. The Kier molecular flexibility index (Phi) is 7.23. The average molecular weight is 476 g/mol. The SMILES string of the molecule is CCCOC(=O)c1c(NC(=O)c2ccc(Cn3cc([N+](=O)[O-])cn3)o2)sc(C(=O)OC)c1C. The molecule has 0 saturated carbocycles. The Morgan fingerprint density at radius 3 is 2.70 bits per heavy atom. The van der Waals surface area contributed by atoms with Crippen molar-refractivity contribution in [2.24, 2.45) is 0 Å². The Morgan fingerprint density at radius 1 is 1.30 bits per heavy atom. The van der Waals surface area contributed by atoms with Crippen LogP contribution < -0.4 is 5.32 Å². The van der Waals surface area contributed by atoms with Gasteiger partial charge in [-0.2, -0.15) is 5.10 Å². The van der Waals surface area contributed by atoms with E-state index in [9.17, 15) is 24.5 Å². The molecule has 1 N–H and O–H groups in total. The number of carbonyl (C=O) groups is 3. The van der Waals surface area contributed by atoms with Crippen molar-refractivity contribution in [1.29, 1.82) is 0 Å². The summed E-state index contributed by atoms with van der Waals surface area (Å²) < 4.78 is 16.7. The fourth-order valence-corrected chi connectivity index (χ4v) is 3.95. The minimum Gasteiger partial charge on any atom is -0.465 e. The lowest BCUT2D eigenvalue weighted by atomic mass is 10.1. The molecule has 0 aliphatic heterocycles. The van der Waals surface area contributed by atoms with Crippen LogP contribution in [0.3, 0.4) is 0 Å². The van der Waals surface area contributed by atoms with Crippen molar-refractivity contribution < 1.29 is 33.2 Å². The molecule has 12 nitrogen and oxygen atoms in total. The number of thiophene rings is 1. The van der Waals surface area contributed by atoms with Crippen LogP contribution >= 0.6 is 11.3 Å². The number of hydrogen-bond acceptors (Lipinski definition) is 10. The molecular weight excluding hydrogens is 456 g/mol. The molecule has 1 amide bonds. The number of methoxy groups -OCH3 is 1. The monoisotopic (exact) mass is 476 g/mol. The van der Waals surface area contributed by atoms with Gasteiger partial charge in [-0.25, -0.2) is 9.59 Å². The van der Waals surface area contributed by atoms with E-state index < -0.39 is 22.8 Å². The molecule has 0 spiro atoms. The lowest BCUT2D eigenvalue weighted by Crippen LogP contribution is -2.14. The number of nitro groups is 1. The largest absolute Gasteiger partial charge is 0.465 e. The summed E-state index contributed by atoms with van der Waals surface area (Å²) >= 11 is 0.892. The number of furan rings is 1. The molecule has 33 heavy (non-hydrogen) atoms. The number of hydrogen-bond donors (Lipinski definition) is 1. The zero-order valence-electron chi connectivity index (χ0n) is 17.9. The molecule has 0 atom stereocenters. The van der Waals surface area contributed by atoms with Crippen LogP contribution in [0.2, 0.25) is 0 Å². The number of esters is 2. The number of carbonyl (C=O) groups excluding carboxylic acids is 3. The molecule has 0 fully saturated rings. The molecule has 0 saturated heterocycles. The van der Waals surface area contributed by atoms with Gasteiger partial charge in [-0.3, -0.25) is 19.6 Å². The maximum Gasteiger partial charge on any atom is 0.348 e. The lowest BCUT2D eigenvalue weighted by molar-refractivity contribution is -0.385. The maximum atomic E-state index is 12.7. The molecule has 0 aliphatic rings. The first-order chi connectivity index (χ1) is 15.7. The summed E-state index contributed by atoms with van der Waals surface area (Å²) in [6.45, 7) is 3.66. The number of nitrogens with zero attached hydrogens (tertiary/aromatic N) is 3. The third-order valence-electron chi connectivity index (χ3n) is 4.42. The van der Waals surface area contributed by atoms with Crippen molar-refractivity contribution in [2.75, 3.05) is 19.0 Å². The first-order valence-electron chi connectivity index (χ1n) is 9.70. The smallest absolute Gasteiger partial charge is 0.348 e. The second-order valence-corrected chi connectivity index (χ2v) is 7.78. The Labute approximate surface area is 191 Å². The van der Waals surface area contributed by atoms with Gasteiger partial charge in [-0.15, -0.1) is 11.3 Å². The topological polar surface area (TPSA) is 156 Å². The standard InChI is InChI=1S/C20H20N4O8S/c1-4-7-31-19(26)15-11(2)16(20(27)30-3)33-18(15)22-17(25)14-6-5-13(32-14)10-23-9-12(8-21-23)24(28)29/h5-6,8-9H,4,7,10H2,1-3H3,(H,22,25). The van der Waals surface area contributed by atoms with Gasteiger partial charge in [0, 0.05) is 0 Å². The van der Waals surface area contributed by atoms with Gasteiger partial charge in [0.2, 0.25) is 0 Å². The van der Waals surface area contributed by atoms with Crippen molar-refractivity contribution in [3.05, 3.63) is 62.2 Å². The number of nitrogens with one attached hydrogen (secondary N) is 1. The van der Waals surface area contributed by atoms with E-state index in [1.165, 1.54) is 30.1 Å². The predicted octanol–water partition coefficient (Wildman–Crippen LogP) is 3.41. The van der Waals surface area contributed by atoms with Crippen LogP contribution in [0.5, 0.6) is 0 Å². The second-order valence-electron chi connectivity index (χ2n) is 6.76. The maximum absolute atomic E-state index is 12.7. The van der Waals surface area contributed by atoms with Gasteiger partial charge in [-0.05, 0) is 31.0 Å². The summed E-state index contributed by atoms with van der Waals surface area (Å²) in [6, 6.07) is 2.94. The number of ether oxygens (including phenoxy) is 2. The second kappa shape index (κ2) is 10.1. The number of rotatable bonds is 9. The van der Waals surface area contributed by atoms with Gasteiger partial charge in [0.25, 0.3) is 5.91 Å². The number of aromatic nitrogens is 2. The van der Waals surface area contributed by atoms with E-state index in [2.05, 4.69) is 10.4 Å². The van der Waals surface area contributed by atoms with Gasteiger partial charge in [0.1, 0.15) is 28.0 Å². The molecule has 0 aliphatic carbocycles. The van der Waals surface area contributed by atoms with Crippen LogP contribution in [0.25, 0.3) is 0 Å². The molecule has 0 aromatic carbocycles. The highest BCUT2D eigenvalue weighted by Gasteiger charge is 2.28. The molecule has 3 aromatic heterocycles. The van der Waals surface area contributed by atoms with Gasteiger partial charge in [0.05, 0.1) is 30.7 Å². The molecule has 0 unspecified atom stereocenters. The number of amides is 1. The van der Waals surface area contributed by atoms with Crippen molar-refractivity contribution >= 4 is 39.9 Å². The highest BCUT2D eigenvalue weighted by molar-refractivity contribution is 7.18. The van der Waals surface area contributed by atoms with E-state index in [0.29, 0.717) is 17.7 Å². The van der Waals surface area contributed by atoms with E-state index in [-0.39, 0.29) is 40.0 Å². The van der Waals surface area contributed by atoms with E-state index >= 15 is 0 Å². The van der Waals surface area contributed by atoms with Crippen LogP contribution in [-0.2, 0) is 16.0 Å². The van der Waals surface area contributed by atoms with Crippen molar-refractivity contribution in [2.45, 2.75) is 26.8 Å². The van der Waals surface area contributed by atoms with Gasteiger partial charge in [-0.1, -0.05) is 6.92 Å². The molecule has 3 heterocycles. The molecule has 174 valence electrons. The van der Waals surface area contributed by atoms with E-state index in [0.717, 1.165) is 17.5 Å². The Bertz CT molecular complexity index is 1210. The summed E-state index contributed by atoms with van der Waals surface area (Å²) in [7, 11) is 1.22. The van der Waals surface area contributed by atoms with E-state index in [1.54, 1.807) is 6.92 Å². The van der Waals surface area contributed by atoms with Gasteiger partial charge >= 0.3 is 17.6 Å².